The van der Waals surface area contributed by atoms with E-state index in [4.69, 9.17) is 14.2 Å². The van der Waals surface area contributed by atoms with E-state index < -0.39 is 12.3 Å². The van der Waals surface area contributed by atoms with Crippen molar-refractivity contribution < 1.29 is 28.6 Å². The average molecular weight is 709 g/mol. The van der Waals surface area contributed by atoms with Crippen molar-refractivity contribution in [2.45, 2.75) is 206 Å². The molecule has 0 heterocycles. The second-order valence-corrected chi connectivity index (χ2v) is 14.4. The van der Waals surface area contributed by atoms with Crippen molar-refractivity contribution in [3.05, 3.63) is 12.2 Å². The number of carbonyl (C=O) groups excluding carboxylic acids is 3. The molecule has 0 fully saturated rings. The van der Waals surface area contributed by atoms with Crippen LogP contribution in [0.5, 0.6) is 0 Å². The molecule has 1 unspecified atom stereocenters. The van der Waals surface area contributed by atoms with E-state index >= 15 is 0 Å². The molecule has 0 spiro atoms. The molecule has 0 saturated carbocycles. The van der Waals surface area contributed by atoms with Crippen LogP contribution in [0.2, 0.25) is 0 Å². The first-order valence-electron chi connectivity index (χ1n) is 21.0. The predicted molar refractivity (Wildman–Crippen MR) is 208 cm³/mol. The molecule has 0 aromatic heterocycles. The molecule has 294 valence electrons. The molecule has 0 radical (unpaired) electrons. The quantitative estimate of drug-likeness (QED) is 0.0226. The Kier molecular flexibility index (Phi) is 36.6. The molecule has 0 aromatic rings. The maximum atomic E-state index is 12.6. The number of nitrogens with zero attached hydrogens (tertiary/aromatic N) is 1. The van der Waals surface area contributed by atoms with Crippen LogP contribution < -0.4 is 5.32 Å². The van der Waals surface area contributed by atoms with Crippen molar-refractivity contribution in [2.75, 3.05) is 33.9 Å². The van der Waals surface area contributed by atoms with Gasteiger partial charge in [0.05, 0.1) is 6.61 Å². The summed E-state index contributed by atoms with van der Waals surface area (Å²) in [7, 11) is 3.79. The molecule has 0 rings (SSSR count). The lowest BCUT2D eigenvalue weighted by atomic mass is 10.0. The predicted octanol–water partition coefficient (Wildman–Crippen LogP) is 11.6. The number of hydrogen-bond acceptors (Lipinski definition) is 7. The summed E-state index contributed by atoms with van der Waals surface area (Å²) in [6.45, 7) is 5.40. The Morgan fingerprint density at radius 3 is 1.42 bits per heavy atom. The Balaban J connectivity index is 4.14. The van der Waals surface area contributed by atoms with Crippen LogP contribution in [-0.2, 0) is 23.8 Å². The molecular weight excluding hydrogens is 628 g/mol. The van der Waals surface area contributed by atoms with E-state index in [1.807, 2.05) is 19.0 Å². The largest absolute Gasteiger partial charge is 0.465 e. The van der Waals surface area contributed by atoms with Gasteiger partial charge in [-0.1, -0.05) is 154 Å². The fourth-order valence-electron chi connectivity index (χ4n) is 5.85. The Bertz CT molecular complexity index is 803. The van der Waals surface area contributed by atoms with E-state index in [0.29, 0.717) is 19.4 Å². The van der Waals surface area contributed by atoms with Gasteiger partial charge in [0, 0.05) is 25.8 Å². The monoisotopic (exact) mass is 709 g/mol. The highest BCUT2D eigenvalue weighted by Crippen LogP contribution is 2.14. The Morgan fingerprint density at radius 2 is 0.960 bits per heavy atom. The molecule has 0 aliphatic carbocycles. The summed E-state index contributed by atoms with van der Waals surface area (Å²) in [5, 5.41) is 2.62. The van der Waals surface area contributed by atoms with Gasteiger partial charge in [-0.25, -0.2) is 4.79 Å². The zero-order chi connectivity index (χ0) is 36.8. The molecule has 8 heteroatoms. The molecule has 0 saturated heterocycles. The highest BCUT2D eigenvalue weighted by molar-refractivity contribution is 5.71. The van der Waals surface area contributed by atoms with Crippen LogP contribution in [0.25, 0.3) is 0 Å². The first kappa shape index (κ1) is 47.9. The van der Waals surface area contributed by atoms with Gasteiger partial charge in [-0.2, -0.15) is 0 Å². The van der Waals surface area contributed by atoms with Gasteiger partial charge >= 0.3 is 18.0 Å². The Hall–Kier alpha value is -2.09. The highest BCUT2D eigenvalue weighted by atomic mass is 16.6. The average Bonchev–Trinajstić information content (AvgIpc) is 3.08. The molecule has 1 atom stereocenters. The van der Waals surface area contributed by atoms with Crippen molar-refractivity contribution in [1.82, 2.24) is 10.2 Å². The van der Waals surface area contributed by atoms with Crippen LogP contribution in [0.4, 0.5) is 4.79 Å². The second-order valence-electron chi connectivity index (χ2n) is 14.4. The van der Waals surface area contributed by atoms with E-state index in [-0.39, 0.29) is 31.6 Å². The minimum Gasteiger partial charge on any atom is -0.465 e. The Morgan fingerprint density at radius 1 is 0.540 bits per heavy atom. The van der Waals surface area contributed by atoms with Crippen molar-refractivity contribution in [1.29, 1.82) is 0 Å². The van der Waals surface area contributed by atoms with E-state index in [0.717, 1.165) is 51.4 Å². The molecule has 0 aromatic carbocycles. The third-order valence-corrected chi connectivity index (χ3v) is 9.09. The molecule has 0 aliphatic rings. The fourth-order valence-corrected chi connectivity index (χ4v) is 5.85. The second kappa shape index (κ2) is 38.1. The molecule has 0 bridgehead atoms. The molecule has 8 nitrogen and oxygen atoms in total. The normalized spacial score (nSPS) is 12.0. The molecule has 0 aliphatic heterocycles. The van der Waals surface area contributed by atoms with Crippen LogP contribution in [0, 0.1) is 0 Å². The number of likely N-dealkylation sites (N-methyl/N-ethyl adjacent to an activating group) is 1. The van der Waals surface area contributed by atoms with Crippen molar-refractivity contribution in [3.8, 4) is 0 Å². The molecule has 50 heavy (non-hydrogen) atoms. The molecule has 1 amide bonds. The topological polar surface area (TPSA) is 94.2 Å². The number of carbonyl (C=O) groups is 3. The maximum absolute atomic E-state index is 12.6. The zero-order valence-corrected chi connectivity index (χ0v) is 33.3. The van der Waals surface area contributed by atoms with Gasteiger partial charge in [0.2, 0.25) is 0 Å². The van der Waals surface area contributed by atoms with Crippen molar-refractivity contribution >= 4 is 18.0 Å². The lowest BCUT2D eigenvalue weighted by Gasteiger charge is -2.19. The van der Waals surface area contributed by atoms with Gasteiger partial charge < -0.3 is 19.1 Å². The van der Waals surface area contributed by atoms with E-state index in [9.17, 15) is 14.4 Å². The van der Waals surface area contributed by atoms with Crippen LogP contribution in [0.3, 0.4) is 0 Å². The van der Waals surface area contributed by atoms with Crippen LogP contribution >= 0.6 is 0 Å². The van der Waals surface area contributed by atoms with Gasteiger partial charge in [-0.15, -0.1) is 0 Å². The summed E-state index contributed by atoms with van der Waals surface area (Å²) >= 11 is 0. The van der Waals surface area contributed by atoms with Gasteiger partial charge in [0.25, 0.3) is 0 Å². The van der Waals surface area contributed by atoms with Crippen molar-refractivity contribution in [3.63, 3.8) is 0 Å². The smallest absolute Gasteiger partial charge is 0.410 e. The first-order chi connectivity index (χ1) is 24.4. The van der Waals surface area contributed by atoms with Gasteiger partial charge in [0.1, 0.15) is 6.61 Å². The number of alkyl carbamates (subject to hydrolysis) is 1. The van der Waals surface area contributed by atoms with E-state index in [1.54, 1.807) is 0 Å². The number of hydrogen-bond donors (Lipinski definition) is 1. The summed E-state index contributed by atoms with van der Waals surface area (Å²) in [6, 6.07) is 0. The molecule has 1 N–H and O–H groups in total. The number of rotatable bonds is 37. The number of allylic oxidation sites excluding steroid dienone is 2. The van der Waals surface area contributed by atoms with Gasteiger partial charge in [0.15, 0.2) is 6.23 Å². The van der Waals surface area contributed by atoms with E-state index in [1.165, 1.54) is 116 Å². The first-order valence-corrected chi connectivity index (χ1v) is 21.0. The minimum atomic E-state index is -0.901. The summed E-state index contributed by atoms with van der Waals surface area (Å²) in [4.78, 5) is 39.1. The summed E-state index contributed by atoms with van der Waals surface area (Å²) < 4.78 is 16.2. The SMILES string of the molecule is CCCCCCCCC=CCCCCCCCC(=O)OC(CCOC(=O)CCCCCCCCCCCCCCC)NC(=O)OCCN(C)C. The lowest BCUT2D eigenvalue weighted by Crippen LogP contribution is -2.40. The van der Waals surface area contributed by atoms with Gasteiger partial charge in [-0.05, 0) is 52.6 Å². The minimum absolute atomic E-state index is 0.0700. The summed E-state index contributed by atoms with van der Waals surface area (Å²) in [5.41, 5.74) is 0. The van der Waals surface area contributed by atoms with Crippen LogP contribution in [-0.4, -0.2) is 63.0 Å². The summed E-state index contributed by atoms with van der Waals surface area (Å²) in [5.74, 6) is -0.612. The van der Waals surface area contributed by atoms with Crippen LogP contribution in [0.15, 0.2) is 12.2 Å². The number of amides is 1. The summed E-state index contributed by atoms with van der Waals surface area (Å²) in [6.07, 6.45) is 35.8. The van der Waals surface area contributed by atoms with Crippen molar-refractivity contribution in [2.24, 2.45) is 0 Å². The standard InChI is InChI=1S/C42H80N2O6/c1-5-7-9-11-13-15-17-19-20-22-24-26-28-30-32-34-41(46)50-39(43-42(47)49-38-36-44(3)4)35-37-48-40(45)33-31-29-27-25-23-21-18-16-14-12-10-8-6-2/h19-20,39H,5-18,21-38H2,1-4H3,(H,43,47). The van der Waals surface area contributed by atoms with E-state index in [2.05, 4.69) is 31.3 Å². The van der Waals surface area contributed by atoms with Gasteiger partial charge in [-0.3, -0.25) is 14.9 Å². The highest BCUT2D eigenvalue weighted by Gasteiger charge is 2.19. The lowest BCUT2D eigenvalue weighted by molar-refractivity contribution is -0.152. The maximum Gasteiger partial charge on any atom is 0.410 e. The fraction of sp³-hybridized carbons (Fsp3) is 0.881. The van der Waals surface area contributed by atoms with Crippen LogP contribution in [0.1, 0.15) is 200 Å². The third kappa shape index (κ3) is 37.2. The molecular formula is C42H80N2O6. The zero-order valence-electron chi connectivity index (χ0n) is 33.3. The Labute approximate surface area is 308 Å². The number of nitrogens with one attached hydrogen (secondary N) is 1. The third-order valence-electron chi connectivity index (χ3n) is 9.09. The number of ether oxygens (including phenoxy) is 3. The number of esters is 2. The number of unbranched alkanes of at least 4 members (excludes halogenated alkanes) is 23.